The second kappa shape index (κ2) is 6.76. The number of hydrogen-bond donors (Lipinski definition) is 1. The molecule has 0 spiro atoms. The topological polar surface area (TPSA) is 12.0 Å². The van der Waals surface area contributed by atoms with Gasteiger partial charge in [0.25, 0.3) is 0 Å². The summed E-state index contributed by atoms with van der Waals surface area (Å²) in [4.78, 5) is 0. The van der Waals surface area contributed by atoms with Crippen LogP contribution in [-0.2, 0) is 19.4 Å². The molecule has 0 heterocycles. The van der Waals surface area contributed by atoms with Crippen LogP contribution in [0.25, 0.3) is 0 Å². The first-order valence-electron chi connectivity index (χ1n) is 6.94. The Hall–Kier alpha value is -1.54. The van der Waals surface area contributed by atoms with Gasteiger partial charge in [0.05, 0.1) is 0 Å². The van der Waals surface area contributed by atoms with Gasteiger partial charge in [0.2, 0.25) is 0 Å². The molecule has 2 aromatic carbocycles. The molecule has 0 fully saturated rings. The third-order valence-electron chi connectivity index (χ3n) is 3.46. The molecular weight excluding hydrogens is 273 g/mol. The largest absolute Gasteiger partial charge is 0.380 e. The molecule has 0 saturated heterocycles. The van der Waals surface area contributed by atoms with E-state index in [-0.39, 0.29) is 5.82 Å². The van der Waals surface area contributed by atoms with Crippen molar-refractivity contribution in [2.24, 2.45) is 0 Å². The van der Waals surface area contributed by atoms with E-state index in [1.54, 1.807) is 12.1 Å². The van der Waals surface area contributed by atoms with Crippen LogP contribution in [0.2, 0.25) is 5.02 Å². The molecule has 0 aliphatic heterocycles. The Morgan fingerprint density at radius 1 is 1.00 bits per heavy atom. The number of para-hydroxylation sites is 1. The Bertz CT molecular complexity index is 573. The lowest BCUT2D eigenvalue weighted by molar-refractivity contribution is 0.613. The fraction of sp³-hybridized carbons (Fsp3) is 0.294. The van der Waals surface area contributed by atoms with Crippen molar-refractivity contribution in [3.05, 3.63) is 63.9 Å². The SMILES string of the molecule is CCc1cccc(CC)c1NCc1cc(Cl)ccc1F. The van der Waals surface area contributed by atoms with Gasteiger partial charge >= 0.3 is 0 Å². The van der Waals surface area contributed by atoms with E-state index in [9.17, 15) is 4.39 Å². The van der Waals surface area contributed by atoms with Gasteiger partial charge in [-0.15, -0.1) is 0 Å². The van der Waals surface area contributed by atoms with Gasteiger partial charge in [-0.2, -0.15) is 0 Å². The maximum Gasteiger partial charge on any atom is 0.128 e. The van der Waals surface area contributed by atoms with Gasteiger partial charge in [0.1, 0.15) is 5.82 Å². The molecule has 0 saturated carbocycles. The molecule has 0 radical (unpaired) electrons. The van der Waals surface area contributed by atoms with Crippen molar-refractivity contribution in [2.45, 2.75) is 33.2 Å². The summed E-state index contributed by atoms with van der Waals surface area (Å²) in [7, 11) is 0. The van der Waals surface area contributed by atoms with Crippen molar-refractivity contribution in [3.8, 4) is 0 Å². The zero-order valence-corrected chi connectivity index (χ0v) is 12.6. The lowest BCUT2D eigenvalue weighted by Crippen LogP contribution is -2.06. The van der Waals surface area contributed by atoms with E-state index < -0.39 is 0 Å². The molecule has 3 heteroatoms. The summed E-state index contributed by atoms with van der Waals surface area (Å²) in [6, 6.07) is 10.9. The number of anilines is 1. The summed E-state index contributed by atoms with van der Waals surface area (Å²) in [5, 5.41) is 3.93. The summed E-state index contributed by atoms with van der Waals surface area (Å²) < 4.78 is 13.7. The fourth-order valence-corrected chi connectivity index (χ4v) is 2.53. The van der Waals surface area contributed by atoms with Gasteiger partial charge in [-0.25, -0.2) is 4.39 Å². The Morgan fingerprint density at radius 2 is 1.65 bits per heavy atom. The van der Waals surface area contributed by atoms with Crippen molar-refractivity contribution in [2.75, 3.05) is 5.32 Å². The van der Waals surface area contributed by atoms with Crippen LogP contribution in [0, 0.1) is 5.82 Å². The van der Waals surface area contributed by atoms with E-state index in [0.717, 1.165) is 18.5 Å². The van der Waals surface area contributed by atoms with Crippen LogP contribution < -0.4 is 5.32 Å². The second-order valence-corrected chi connectivity index (χ2v) is 5.18. The highest BCUT2D eigenvalue weighted by Gasteiger charge is 2.08. The second-order valence-electron chi connectivity index (χ2n) is 4.75. The standard InChI is InChI=1S/C17H19ClFN/c1-3-12-6-5-7-13(4-2)17(12)20-11-14-10-15(18)8-9-16(14)19/h5-10,20H,3-4,11H2,1-2H3. The van der Waals surface area contributed by atoms with Crippen LogP contribution in [0.4, 0.5) is 10.1 Å². The van der Waals surface area contributed by atoms with E-state index in [2.05, 4.69) is 37.4 Å². The van der Waals surface area contributed by atoms with Crippen LogP contribution in [0.5, 0.6) is 0 Å². The number of halogens is 2. The Labute approximate surface area is 124 Å². The highest BCUT2D eigenvalue weighted by Crippen LogP contribution is 2.24. The molecule has 1 nitrogen and oxygen atoms in total. The predicted octanol–water partition coefficient (Wildman–Crippen LogP) is 5.22. The number of aryl methyl sites for hydroxylation is 2. The molecular formula is C17H19ClFN. The van der Waals surface area contributed by atoms with Crippen molar-refractivity contribution in [1.82, 2.24) is 0 Å². The lowest BCUT2D eigenvalue weighted by Gasteiger charge is -2.16. The Morgan fingerprint density at radius 3 is 2.25 bits per heavy atom. The minimum absolute atomic E-state index is 0.228. The summed E-state index contributed by atoms with van der Waals surface area (Å²) in [5.74, 6) is -0.228. The minimum atomic E-state index is -0.228. The van der Waals surface area contributed by atoms with Crippen molar-refractivity contribution < 1.29 is 4.39 Å². The summed E-state index contributed by atoms with van der Waals surface area (Å²) in [5.41, 5.74) is 4.22. The maximum absolute atomic E-state index is 13.7. The maximum atomic E-state index is 13.7. The summed E-state index contributed by atoms with van der Waals surface area (Å²) >= 11 is 5.92. The molecule has 20 heavy (non-hydrogen) atoms. The molecule has 1 N–H and O–H groups in total. The number of rotatable bonds is 5. The zero-order valence-electron chi connectivity index (χ0n) is 11.8. The van der Waals surface area contributed by atoms with Crippen molar-refractivity contribution in [1.29, 1.82) is 0 Å². The molecule has 106 valence electrons. The molecule has 0 aliphatic rings. The van der Waals surface area contributed by atoms with Crippen LogP contribution >= 0.6 is 11.6 Å². The molecule has 0 unspecified atom stereocenters. The first-order valence-corrected chi connectivity index (χ1v) is 7.32. The molecule has 2 rings (SSSR count). The highest BCUT2D eigenvalue weighted by molar-refractivity contribution is 6.30. The number of hydrogen-bond acceptors (Lipinski definition) is 1. The average molecular weight is 292 g/mol. The van der Waals surface area contributed by atoms with Crippen LogP contribution in [0.15, 0.2) is 36.4 Å². The van der Waals surface area contributed by atoms with E-state index in [1.807, 2.05) is 0 Å². The summed E-state index contributed by atoms with van der Waals surface area (Å²) in [6.45, 7) is 4.69. The lowest BCUT2D eigenvalue weighted by atomic mass is 10.0. The van der Waals surface area contributed by atoms with Crippen molar-refractivity contribution in [3.63, 3.8) is 0 Å². The van der Waals surface area contributed by atoms with Crippen molar-refractivity contribution >= 4 is 17.3 Å². The molecule has 2 aromatic rings. The highest BCUT2D eigenvalue weighted by atomic mass is 35.5. The van der Waals surface area contributed by atoms with Gasteiger partial charge < -0.3 is 5.32 Å². The number of nitrogens with one attached hydrogen (secondary N) is 1. The molecule has 0 amide bonds. The molecule has 0 aliphatic carbocycles. The van der Waals surface area contributed by atoms with Crippen LogP contribution in [0.1, 0.15) is 30.5 Å². The normalized spacial score (nSPS) is 10.6. The van der Waals surface area contributed by atoms with Gasteiger partial charge in [-0.1, -0.05) is 43.6 Å². The molecule has 0 atom stereocenters. The monoisotopic (exact) mass is 291 g/mol. The third-order valence-corrected chi connectivity index (χ3v) is 3.70. The average Bonchev–Trinajstić information content (AvgIpc) is 2.47. The Balaban J connectivity index is 2.24. The van der Waals surface area contributed by atoms with Crippen LogP contribution in [-0.4, -0.2) is 0 Å². The zero-order chi connectivity index (χ0) is 14.5. The third kappa shape index (κ3) is 3.31. The van der Waals surface area contributed by atoms with Gasteiger partial charge in [-0.05, 0) is 42.2 Å². The van der Waals surface area contributed by atoms with E-state index >= 15 is 0 Å². The number of benzene rings is 2. The first-order chi connectivity index (χ1) is 9.65. The molecule has 0 aromatic heterocycles. The smallest absolute Gasteiger partial charge is 0.128 e. The minimum Gasteiger partial charge on any atom is -0.380 e. The first kappa shape index (κ1) is 14.9. The summed E-state index contributed by atoms with van der Waals surface area (Å²) in [6.07, 6.45) is 1.91. The predicted molar refractivity (Wildman–Crippen MR) is 83.9 cm³/mol. The van der Waals surface area contributed by atoms with E-state index in [1.165, 1.54) is 17.2 Å². The fourth-order valence-electron chi connectivity index (χ4n) is 2.33. The van der Waals surface area contributed by atoms with Gasteiger partial charge in [0, 0.05) is 22.8 Å². The van der Waals surface area contributed by atoms with E-state index in [0.29, 0.717) is 17.1 Å². The quantitative estimate of drug-likeness (QED) is 0.797. The Kier molecular flexibility index (Phi) is 5.02. The van der Waals surface area contributed by atoms with Crippen LogP contribution in [0.3, 0.4) is 0 Å². The van der Waals surface area contributed by atoms with Gasteiger partial charge in [0.15, 0.2) is 0 Å². The molecule has 0 bridgehead atoms. The van der Waals surface area contributed by atoms with Gasteiger partial charge in [-0.3, -0.25) is 0 Å². The van der Waals surface area contributed by atoms with E-state index in [4.69, 9.17) is 11.6 Å².